The van der Waals surface area contributed by atoms with E-state index in [1.807, 2.05) is 6.92 Å². The van der Waals surface area contributed by atoms with Crippen LogP contribution in [0.3, 0.4) is 0 Å². The van der Waals surface area contributed by atoms with Gasteiger partial charge >= 0.3 is 7.23 Å². The van der Waals surface area contributed by atoms with Crippen molar-refractivity contribution in [2.24, 2.45) is 0 Å². The van der Waals surface area contributed by atoms with E-state index in [1.165, 1.54) is 0 Å². The Morgan fingerprint density at radius 3 is 2.91 bits per heavy atom. The minimum absolute atomic E-state index is 0.121. The van der Waals surface area contributed by atoms with Crippen LogP contribution in [0.5, 0.6) is 0 Å². The van der Waals surface area contributed by atoms with Crippen LogP contribution >= 0.6 is 19.5 Å². The molecule has 11 heavy (non-hydrogen) atoms. The SMILES string of the molecule is C[C@H]1CC[C@@H](CO[P+](=O)S)O1. The highest BCUT2D eigenvalue weighted by molar-refractivity contribution is 8.39. The van der Waals surface area contributed by atoms with Crippen molar-refractivity contribution in [2.75, 3.05) is 6.61 Å². The first kappa shape index (κ1) is 9.46. The summed E-state index contributed by atoms with van der Waals surface area (Å²) in [6.45, 7) is 2.43. The fourth-order valence-electron chi connectivity index (χ4n) is 1.15. The molecule has 1 unspecified atom stereocenters. The maximum absolute atomic E-state index is 10.4. The van der Waals surface area contributed by atoms with Gasteiger partial charge in [0.25, 0.3) is 0 Å². The van der Waals surface area contributed by atoms with E-state index in [9.17, 15) is 4.57 Å². The molecule has 1 rings (SSSR count). The predicted molar refractivity (Wildman–Crippen MR) is 46.1 cm³/mol. The molecule has 0 saturated carbocycles. The second kappa shape index (κ2) is 4.41. The topological polar surface area (TPSA) is 35.5 Å². The zero-order valence-electron chi connectivity index (χ0n) is 6.40. The molecule has 0 aromatic heterocycles. The van der Waals surface area contributed by atoms with Crippen LogP contribution in [0.2, 0.25) is 0 Å². The average molecular weight is 195 g/mol. The molecule has 0 bridgehead atoms. The molecule has 64 valence electrons. The van der Waals surface area contributed by atoms with Gasteiger partial charge in [-0.2, -0.15) is 0 Å². The van der Waals surface area contributed by atoms with Gasteiger partial charge in [0.2, 0.25) is 0 Å². The first-order valence-electron chi connectivity index (χ1n) is 3.63. The van der Waals surface area contributed by atoms with E-state index < -0.39 is 7.23 Å². The van der Waals surface area contributed by atoms with Gasteiger partial charge in [-0.3, -0.25) is 0 Å². The van der Waals surface area contributed by atoms with Crippen LogP contribution in [-0.2, 0) is 13.8 Å². The molecule has 1 aliphatic heterocycles. The molecular weight excluding hydrogens is 183 g/mol. The number of hydrogen-bond acceptors (Lipinski definition) is 3. The minimum Gasteiger partial charge on any atom is -0.373 e. The third kappa shape index (κ3) is 3.52. The summed E-state index contributed by atoms with van der Waals surface area (Å²) in [6, 6.07) is 0. The van der Waals surface area contributed by atoms with Crippen molar-refractivity contribution in [3.63, 3.8) is 0 Å². The van der Waals surface area contributed by atoms with E-state index in [-0.39, 0.29) is 6.10 Å². The molecular formula is C6H12O3PS+. The standard InChI is InChI=1S/C6H11O3PS/c1-5-2-3-6(9-5)4-8-10(7)11/h5-6H,2-4H2,1H3/p+1/t5-,6-/m0/s1. The summed E-state index contributed by atoms with van der Waals surface area (Å²) >= 11 is 3.62. The van der Waals surface area contributed by atoms with Gasteiger partial charge in [0.15, 0.2) is 0 Å². The van der Waals surface area contributed by atoms with Crippen LogP contribution in [0.15, 0.2) is 0 Å². The fraction of sp³-hybridized carbons (Fsp3) is 1.00. The molecule has 0 spiro atoms. The Bertz CT molecular complexity index is 153. The molecule has 1 saturated heterocycles. The van der Waals surface area contributed by atoms with E-state index in [2.05, 4.69) is 12.2 Å². The van der Waals surface area contributed by atoms with Crippen molar-refractivity contribution in [2.45, 2.75) is 32.0 Å². The second-order valence-electron chi connectivity index (χ2n) is 2.68. The summed E-state index contributed by atoms with van der Waals surface area (Å²) in [5.74, 6) is 0. The number of hydrogen-bond donors (Lipinski definition) is 1. The third-order valence-corrected chi connectivity index (χ3v) is 2.41. The van der Waals surface area contributed by atoms with Gasteiger partial charge in [-0.05, 0) is 24.3 Å². The van der Waals surface area contributed by atoms with E-state index in [1.54, 1.807) is 0 Å². The van der Waals surface area contributed by atoms with Crippen LogP contribution in [-0.4, -0.2) is 18.8 Å². The Labute approximate surface area is 72.5 Å². The first-order chi connectivity index (χ1) is 5.18. The average Bonchev–Trinajstić information content (AvgIpc) is 2.31. The van der Waals surface area contributed by atoms with Gasteiger partial charge in [0, 0.05) is 0 Å². The van der Waals surface area contributed by atoms with Crippen LogP contribution in [0.4, 0.5) is 0 Å². The molecule has 1 fully saturated rings. The van der Waals surface area contributed by atoms with E-state index in [4.69, 9.17) is 9.26 Å². The number of ether oxygens (including phenoxy) is 1. The van der Waals surface area contributed by atoms with E-state index >= 15 is 0 Å². The van der Waals surface area contributed by atoms with Gasteiger partial charge in [-0.25, -0.2) is 0 Å². The van der Waals surface area contributed by atoms with Crippen LogP contribution in [0.25, 0.3) is 0 Å². The Kier molecular flexibility index (Phi) is 3.79. The summed E-state index contributed by atoms with van der Waals surface area (Å²) in [5, 5.41) is 0. The lowest BCUT2D eigenvalue weighted by Gasteiger charge is -2.05. The third-order valence-electron chi connectivity index (χ3n) is 1.69. The predicted octanol–water partition coefficient (Wildman–Crippen LogP) is 2.16. The molecule has 0 aromatic carbocycles. The van der Waals surface area contributed by atoms with E-state index in [0.29, 0.717) is 12.7 Å². The number of thiol groups is 1. The summed E-state index contributed by atoms with van der Waals surface area (Å²) < 4.78 is 20.7. The van der Waals surface area contributed by atoms with Crippen LogP contribution < -0.4 is 0 Å². The molecule has 0 aliphatic carbocycles. The van der Waals surface area contributed by atoms with Crippen molar-refractivity contribution in [1.82, 2.24) is 0 Å². The van der Waals surface area contributed by atoms with Gasteiger partial charge in [0.05, 0.1) is 12.2 Å². The molecule has 3 atom stereocenters. The first-order valence-corrected chi connectivity index (χ1v) is 5.96. The molecule has 0 amide bonds. The van der Waals surface area contributed by atoms with Gasteiger partial charge in [-0.15, -0.1) is 4.52 Å². The highest BCUT2D eigenvalue weighted by atomic mass is 32.7. The van der Waals surface area contributed by atoms with E-state index in [0.717, 1.165) is 12.8 Å². The lowest BCUT2D eigenvalue weighted by molar-refractivity contribution is 0.0291. The number of rotatable bonds is 3. The van der Waals surface area contributed by atoms with Gasteiger partial charge in [0.1, 0.15) is 18.9 Å². The summed E-state index contributed by atoms with van der Waals surface area (Å²) in [7, 11) is -1.77. The Morgan fingerprint density at radius 2 is 2.45 bits per heavy atom. The van der Waals surface area contributed by atoms with Crippen molar-refractivity contribution < 1.29 is 13.8 Å². The fourth-order valence-corrected chi connectivity index (χ4v) is 1.65. The molecule has 0 radical (unpaired) electrons. The Morgan fingerprint density at radius 1 is 1.73 bits per heavy atom. The lowest BCUT2D eigenvalue weighted by Crippen LogP contribution is -2.13. The highest BCUT2D eigenvalue weighted by Crippen LogP contribution is 2.29. The summed E-state index contributed by atoms with van der Waals surface area (Å²) in [6.07, 6.45) is 2.51. The largest absolute Gasteiger partial charge is 0.582 e. The molecule has 3 nitrogen and oxygen atoms in total. The minimum atomic E-state index is -1.77. The Hall–Kier alpha value is 0.370. The lowest BCUT2D eigenvalue weighted by atomic mass is 10.2. The quantitative estimate of drug-likeness (QED) is 0.553. The second-order valence-corrected chi connectivity index (χ2v) is 4.39. The monoisotopic (exact) mass is 195 g/mol. The maximum atomic E-state index is 10.4. The molecule has 0 N–H and O–H groups in total. The molecule has 1 heterocycles. The zero-order valence-corrected chi connectivity index (χ0v) is 8.18. The normalized spacial score (nSPS) is 32.4. The molecule has 5 heteroatoms. The maximum Gasteiger partial charge on any atom is 0.582 e. The Balaban J connectivity index is 2.13. The molecule has 1 aliphatic rings. The highest BCUT2D eigenvalue weighted by Gasteiger charge is 2.25. The zero-order chi connectivity index (χ0) is 8.27. The van der Waals surface area contributed by atoms with Crippen LogP contribution in [0, 0.1) is 0 Å². The van der Waals surface area contributed by atoms with Crippen molar-refractivity contribution in [3.8, 4) is 0 Å². The van der Waals surface area contributed by atoms with Gasteiger partial charge in [-0.1, -0.05) is 0 Å². The van der Waals surface area contributed by atoms with Crippen molar-refractivity contribution in [3.05, 3.63) is 0 Å². The summed E-state index contributed by atoms with van der Waals surface area (Å²) in [5.41, 5.74) is 0. The van der Waals surface area contributed by atoms with Crippen molar-refractivity contribution >= 4 is 19.5 Å². The summed E-state index contributed by atoms with van der Waals surface area (Å²) in [4.78, 5) is 0. The van der Waals surface area contributed by atoms with Crippen LogP contribution in [0.1, 0.15) is 19.8 Å². The smallest absolute Gasteiger partial charge is 0.373 e. The molecule has 0 aromatic rings. The van der Waals surface area contributed by atoms with Gasteiger partial charge < -0.3 is 4.74 Å². The van der Waals surface area contributed by atoms with Crippen molar-refractivity contribution in [1.29, 1.82) is 0 Å².